The number of furan rings is 1. The molecule has 5 nitrogen and oxygen atoms in total. The second-order valence-electron chi connectivity index (χ2n) is 5.85. The van der Waals surface area contributed by atoms with Crippen LogP contribution in [0, 0.1) is 5.92 Å². The fraction of sp³-hybridized carbons (Fsp3) is 0.688. The summed E-state index contributed by atoms with van der Waals surface area (Å²) >= 11 is 1.99. The lowest BCUT2D eigenvalue weighted by atomic mass is 9.99. The molecule has 0 aromatic carbocycles. The molecule has 1 amide bonds. The third kappa shape index (κ3) is 4.06. The van der Waals surface area contributed by atoms with E-state index in [1.807, 2.05) is 17.8 Å². The molecular formula is C16H24N2O3S. The van der Waals surface area contributed by atoms with Crippen LogP contribution in [0.4, 0.5) is 0 Å². The van der Waals surface area contributed by atoms with Crippen LogP contribution in [-0.4, -0.2) is 55.2 Å². The second kappa shape index (κ2) is 8.04. The van der Waals surface area contributed by atoms with Crippen LogP contribution in [0.2, 0.25) is 0 Å². The van der Waals surface area contributed by atoms with Crippen molar-refractivity contribution in [3.63, 3.8) is 0 Å². The Kier molecular flexibility index (Phi) is 5.81. The number of thioether (sulfide) groups is 1. The van der Waals surface area contributed by atoms with E-state index in [-0.39, 0.29) is 17.9 Å². The highest BCUT2D eigenvalue weighted by molar-refractivity contribution is 7.99. The minimum atomic E-state index is 0.107. The second-order valence-corrected chi connectivity index (χ2v) is 7.08. The molecule has 1 unspecified atom stereocenters. The number of hydrogen-bond acceptors (Lipinski definition) is 5. The number of rotatable bonds is 5. The van der Waals surface area contributed by atoms with Crippen LogP contribution in [0.5, 0.6) is 0 Å². The molecule has 3 rings (SSSR count). The highest BCUT2D eigenvalue weighted by Crippen LogP contribution is 2.24. The highest BCUT2D eigenvalue weighted by atomic mass is 32.2. The summed E-state index contributed by atoms with van der Waals surface area (Å²) in [4.78, 5) is 14.8. The Bertz CT molecular complexity index is 454. The monoisotopic (exact) mass is 324 g/mol. The van der Waals surface area contributed by atoms with Crippen molar-refractivity contribution in [1.29, 1.82) is 0 Å². The van der Waals surface area contributed by atoms with Crippen LogP contribution in [0.25, 0.3) is 0 Å². The number of amides is 1. The summed E-state index contributed by atoms with van der Waals surface area (Å²) in [6.45, 7) is 4.18. The molecule has 0 aliphatic carbocycles. The van der Waals surface area contributed by atoms with Gasteiger partial charge in [0.15, 0.2) is 0 Å². The van der Waals surface area contributed by atoms with Crippen molar-refractivity contribution >= 4 is 17.7 Å². The van der Waals surface area contributed by atoms with Crippen LogP contribution >= 0.6 is 11.8 Å². The van der Waals surface area contributed by atoms with Gasteiger partial charge in [-0.3, -0.25) is 9.69 Å². The van der Waals surface area contributed by atoms with E-state index < -0.39 is 0 Å². The third-order valence-electron chi connectivity index (χ3n) is 4.48. The average Bonchev–Trinajstić information content (AvgIpc) is 3.11. The van der Waals surface area contributed by atoms with Gasteiger partial charge in [-0.2, -0.15) is 11.8 Å². The summed E-state index contributed by atoms with van der Waals surface area (Å²) in [5.41, 5.74) is 1.15. The molecule has 2 fully saturated rings. The molecule has 1 atom stereocenters. The fourth-order valence-electron chi connectivity index (χ4n) is 3.11. The van der Waals surface area contributed by atoms with Crippen molar-refractivity contribution < 1.29 is 13.9 Å². The summed E-state index contributed by atoms with van der Waals surface area (Å²) in [5.74, 6) is 2.59. The predicted molar refractivity (Wildman–Crippen MR) is 86.9 cm³/mol. The van der Waals surface area contributed by atoms with Gasteiger partial charge in [0.05, 0.1) is 18.6 Å². The van der Waals surface area contributed by atoms with Crippen LogP contribution < -0.4 is 5.32 Å². The van der Waals surface area contributed by atoms with Crippen LogP contribution in [0.3, 0.4) is 0 Å². The van der Waals surface area contributed by atoms with Gasteiger partial charge in [-0.1, -0.05) is 0 Å². The predicted octanol–water partition coefficient (Wildman–Crippen LogP) is 1.91. The lowest BCUT2D eigenvalue weighted by Gasteiger charge is -2.34. The van der Waals surface area contributed by atoms with Crippen molar-refractivity contribution in [3.05, 3.63) is 24.2 Å². The zero-order valence-corrected chi connectivity index (χ0v) is 13.6. The van der Waals surface area contributed by atoms with E-state index in [4.69, 9.17) is 9.15 Å². The number of carbonyl (C=O) groups excluding carboxylic acids is 1. The minimum absolute atomic E-state index is 0.107. The quantitative estimate of drug-likeness (QED) is 0.897. The zero-order chi connectivity index (χ0) is 15.2. The van der Waals surface area contributed by atoms with Gasteiger partial charge in [-0.25, -0.2) is 0 Å². The highest BCUT2D eigenvalue weighted by Gasteiger charge is 2.26. The van der Waals surface area contributed by atoms with Gasteiger partial charge in [0, 0.05) is 55.8 Å². The van der Waals surface area contributed by atoms with Crippen molar-refractivity contribution in [2.75, 3.05) is 44.4 Å². The number of hydrogen-bond donors (Lipinski definition) is 1. The lowest BCUT2D eigenvalue weighted by Crippen LogP contribution is -2.43. The minimum Gasteiger partial charge on any atom is -0.472 e. The van der Waals surface area contributed by atoms with Gasteiger partial charge in [0.2, 0.25) is 5.91 Å². The van der Waals surface area contributed by atoms with Crippen molar-refractivity contribution in [3.8, 4) is 0 Å². The Morgan fingerprint density at radius 2 is 2.14 bits per heavy atom. The summed E-state index contributed by atoms with van der Waals surface area (Å²) < 4.78 is 10.6. The standard InChI is InChI=1S/C16H24N2O3S/c19-16(13-1-6-20-7-2-13)17-11-15(14-3-8-21-12-14)18-4-9-22-10-5-18/h3,8,12-13,15H,1-2,4-7,9-11H2,(H,17,19). The largest absolute Gasteiger partial charge is 0.472 e. The molecule has 22 heavy (non-hydrogen) atoms. The SMILES string of the molecule is O=C(NCC(c1ccoc1)N1CCSCC1)C1CCOCC1. The molecular weight excluding hydrogens is 300 g/mol. The summed E-state index contributed by atoms with van der Waals surface area (Å²) in [6, 6.07) is 2.22. The van der Waals surface area contributed by atoms with E-state index >= 15 is 0 Å². The average molecular weight is 324 g/mol. The first-order valence-corrected chi connectivity index (χ1v) is 9.19. The van der Waals surface area contributed by atoms with E-state index in [2.05, 4.69) is 10.2 Å². The van der Waals surface area contributed by atoms with Gasteiger partial charge < -0.3 is 14.5 Å². The maximum Gasteiger partial charge on any atom is 0.223 e. The Hall–Kier alpha value is -0.980. The molecule has 0 radical (unpaired) electrons. The Morgan fingerprint density at radius 1 is 1.36 bits per heavy atom. The molecule has 122 valence electrons. The molecule has 1 aromatic heterocycles. The fourth-order valence-corrected chi connectivity index (χ4v) is 4.04. The molecule has 6 heteroatoms. The molecule has 2 aliphatic rings. The van der Waals surface area contributed by atoms with E-state index in [1.54, 1.807) is 12.5 Å². The molecule has 0 spiro atoms. The third-order valence-corrected chi connectivity index (χ3v) is 5.42. The van der Waals surface area contributed by atoms with Gasteiger partial charge >= 0.3 is 0 Å². The van der Waals surface area contributed by atoms with Gasteiger partial charge in [-0.15, -0.1) is 0 Å². The maximum atomic E-state index is 12.3. The van der Waals surface area contributed by atoms with Gasteiger partial charge in [0.1, 0.15) is 0 Å². The Labute approximate surface area is 135 Å². The van der Waals surface area contributed by atoms with Crippen LogP contribution in [-0.2, 0) is 9.53 Å². The lowest BCUT2D eigenvalue weighted by molar-refractivity contribution is -0.128. The zero-order valence-electron chi connectivity index (χ0n) is 12.8. The van der Waals surface area contributed by atoms with E-state index in [0.29, 0.717) is 19.8 Å². The first-order valence-electron chi connectivity index (χ1n) is 8.04. The Balaban J connectivity index is 1.58. The summed E-state index contributed by atoms with van der Waals surface area (Å²) in [6.07, 6.45) is 5.18. The molecule has 3 heterocycles. The topological polar surface area (TPSA) is 54.7 Å². The maximum absolute atomic E-state index is 12.3. The molecule has 2 saturated heterocycles. The smallest absolute Gasteiger partial charge is 0.223 e. The van der Waals surface area contributed by atoms with Crippen molar-refractivity contribution in [2.24, 2.45) is 5.92 Å². The van der Waals surface area contributed by atoms with E-state index in [9.17, 15) is 4.79 Å². The molecule has 1 aromatic rings. The van der Waals surface area contributed by atoms with Crippen LogP contribution in [0.15, 0.2) is 23.0 Å². The first kappa shape index (κ1) is 15.9. The van der Waals surface area contributed by atoms with Crippen LogP contribution in [0.1, 0.15) is 24.4 Å². The molecule has 1 N–H and O–H groups in total. The summed E-state index contributed by atoms with van der Waals surface area (Å²) in [5, 5.41) is 3.15. The number of ether oxygens (including phenoxy) is 1. The first-order chi connectivity index (χ1) is 10.8. The number of nitrogens with one attached hydrogen (secondary N) is 1. The van der Waals surface area contributed by atoms with Crippen molar-refractivity contribution in [1.82, 2.24) is 10.2 Å². The molecule has 0 bridgehead atoms. The van der Waals surface area contributed by atoms with Crippen molar-refractivity contribution in [2.45, 2.75) is 18.9 Å². The van der Waals surface area contributed by atoms with Gasteiger partial charge in [-0.05, 0) is 18.9 Å². The molecule has 2 aliphatic heterocycles. The van der Waals surface area contributed by atoms with E-state index in [1.165, 1.54) is 0 Å². The molecule has 0 saturated carbocycles. The number of carbonyl (C=O) groups is 1. The van der Waals surface area contributed by atoms with Gasteiger partial charge in [0.25, 0.3) is 0 Å². The Morgan fingerprint density at radius 3 is 2.82 bits per heavy atom. The normalized spacial score (nSPS) is 22.4. The van der Waals surface area contributed by atoms with E-state index in [0.717, 1.165) is 43.0 Å². The summed E-state index contributed by atoms with van der Waals surface area (Å²) in [7, 11) is 0. The number of nitrogens with zero attached hydrogens (tertiary/aromatic N) is 1.